The molecule has 0 amide bonds. The van der Waals surface area contributed by atoms with Crippen molar-refractivity contribution in [3.63, 3.8) is 0 Å². The molecular weight excluding hydrogens is 375 g/mol. The van der Waals surface area contributed by atoms with E-state index in [4.69, 9.17) is 4.42 Å². The summed E-state index contributed by atoms with van der Waals surface area (Å²) in [7, 11) is 0. The van der Waals surface area contributed by atoms with Gasteiger partial charge in [-0.3, -0.25) is 0 Å². The van der Waals surface area contributed by atoms with Crippen LogP contribution in [0.25, 0.3) is 22.3 Å². The van der Waals surface area contributed by atoms with Gasteiger partial charge in [0.25, 0.3) is 0 Å². The monoisotopic (exact) mass is 392 g/mol. The van der Waals surface area contributed by atoms with Crippen LogP contribution >= 0.6 is 0 Å². The molecule has 25 heavy (non-hydrogen) atoms. The predicted octanol–water partition coefficient (Wildman–Crippen LogP) is 3.96. The minimum atomic E-state index is 0.0740. The summed E-state index contributed by atoms with van der Waals surface area (Å²) >= 11 is 0.141. The van der Waals surface area contributed by atoms with Crippen LogP contribution in [0.4, 0.5) is 0 Å². The number of Topliss-reactive ketones (excluding diaryl/α,β-unsaturated/α-hetero) is 1. The number of rotatable bonds is 4. The van der Waals surface area contributed by atoms with Gasteiger partial charge in [0.15, 0.2) is 0 Å². The van der Waals surface area contributed by atoms with Crippen molar-refractivity contribution in [2.75, 3.05) is 0 Å². The Labute approximate surface area is 152 Å². The van der Waals surface area contributed by atoms with Crippen LogP contribution in [0.15, 0.2) is 83.3 Å². The average molecular weight is 391 g/mol. The van der Waals surface area contributed by atoms with Gasteiger partial charge in [0.1, 0.15) is 0 Å². The number of carbonyl (C=O) groups excluding carboxylic acids is 1. The van der Waals surface area contributed by atoms with Crippen molar-refractivity contribution in [2.45, 2.75) is 6.92 Å². The van der Waals surface area contributed by atoms with E-state index in [-0.39, 0.29) is 20.7 Å². The summed E-state index contributed by atoms with van der Waals surface area (Å²) in [5, 5.41) is 1.16. The first-order valence-corrected chi connectivity index (χ1v) is 9.79. The Hall–Kier alpha value is -2.61. The molecule has 122 valence electrons. The summed E-state index contributed by atoms with van der Waals surface area (Å²) in [5.74, 6) is 0.977. The maximum absolute atomic E-state index is 11.5. The van der Waals surface area contributed by atoms with Crippen molar-refractivity contribution in [3.8, 4) is 11.3 Å². The van der Waals surface area contributed by atoms with Crippen LogP contribution in [0.1, 0.15) is 17.3 Å². The number of fused-ring (bicyclic) bond motifs is 1. The first-order chi connectivity index (χ1) is 12.2. The molecule has 0 fully saturated rings. The fourth-order valence-electron chi connectivity index (χ4n) is 2.78. The summed E-state index contributed by atoms with van der Waals surface area (Å²) in [5.41, 5.74) is 2.63. The van der Waals surface area contributed by atoms with E-state index in [2.05, 4.69) is 30.3 Å². The molecule has 0 atom stereocenters. The molecule has 3 aromatic carbocycles. The molecule has 0 unspecified atom stereocenters. The quantitative estimate of drug-likeness (QED) is 0.390. The summed E-state index contributed by atoms with van der Waals surface area (Å²) in [6, 6.07) is 26.3. The number of benzene rings is 3. The number of hydrogen-bond acceptors (Lipinski definition) is 2. The predicted molar refractivity (Wildman–Crippen MR) is 103 cm³/mol. The molecule has 0 saturated heterocycles. The van der Waals surface area contributed by atoms with Crippen molar-refractivity contribution in [3.05, 3.63) is 84.4 Å². The number of hydrogen-bond donors (Lipinski definition) is 0. The molecule has 4 aromatic rings. The molecule has 0 spiro atoms. The van der Waals surface area contributed by atoms with E-state index in [1.165, 1.54) is 8.92 Å². The second-order valence-corrected chi connectivity index (χ2v) is 8.08. The maximum atomic E-state index is 11.5. The molecule has 0 aliphatic heterocycles. The molecule has 1 aromatic heterocycles. The Morgan fingerprint density at radius 1 is 0.840 bits per heavy atom. The van der Waals surface area contributed by atoms with Gasteiger partial charge >= 0.3 is 153 Å². The van der Waals surface area contributed by atoms with Gasteiger partial charge in [0.2, 0.25) is 0 Å². The van der Waals surface area contributed by atoms with Crippen molar-refractivity contribution in [2.24, 2.45) is 0 Å². The molecule has 0 aliphatic carbocycles. The van der Waals surface area contributed by atoms with Crippen LogP contribution in [0, 0.1) is 0 Å². The van der Waals surface area contributed by atoms with Crippen LogP contribution < -0.4 is 8.92 Å². The zero-order chi connectivity index (χ0) is 17.2. The van der Waals surface area contributed by atoms with Crippen molar-refractivity contribution < 1.29 is 9.21 Å². The molecule has 0 aliphatic rings. The third kappa shape index (κ3) is 3.17. The molecule has 0 saturated carbocycles. The normalized spacial score (nSPS) is 10.9. The van der Waals surface area contributed by atoms with Crippen molar-refractivity contribution >= 4 is 40.6 Å². The zero-order valence-electron chi connectivity index (χ0n) is 13.7. The van der Waals surface area contributed by atoms with Crippen LogP contribution in [0.5, 0.6) is 0 Å². The second-order valence-electron chi connectivity index (χ2n) is 5.81. The van der Waals surface area contributed by atoms with Gasteiger partial charge in [-0.05, 0) is 0 Å². The first-order valence-electron chi connectivity index (χ1n) is 8.08. The molecule has 1 heterocycles. The topological polar surface area (TPSA) is 30.2 Å². The fourth-order valence-corrected chi connectivity index (χ4v) is 5.00. The van der Waals surface area contributed by atoms with Crippen molar-refractivity contribution in [1.29, 1.82) is 0 Å². The Morgan fingerprint density at radius 2 is 1.52 bits per heavy atom. The van der Waals surface area contributed by atoms with E-state index >= 15 is 0 Å². The van der Waals surface area contributed by atoms with Gasteiger partial charge < -0.3 is 0 Å². The molecule has 2 nitrogen and oxygen atoms in total. The first kappa shape index (κ1) is 15.9. The van der Waals surface area contributed by atoms with Gasteiger partial charge in [-0.1, -0.05) is 0 Å². The number of para-hydroxylation sites is 1. The SMILES string of the molecule is CC(=O)c1ccc(-c2oc3ccccc3c2[Se]c2ccccc2)cc1. The number of ketones is 1. The van der Waals surface area contributed by atoms with Crippen LogP contribution in [0.2, 0.25) is 0 Å². The Kier molecular flexibility index (Phi) is 4.27. The Bertz CT molecular complexity index is 1030. The van der Waals surface area contributed by atoms with Crippen molar-refractivity contribution in [1.82, 2.24) is 0 Å². The average Bonchev–Trinajstić information content (AvgIpc) is 3.01. The zero-order valence-corrected chi connectivity index (χ0v) is 15.4. The number of furan rings is 1. The number of carbonyl (C=O) groups is 1. The molecular formula is C22H16O2Se. The van der Waals surface area contributed by atoms with Crippen LogP contribution in [-0.4, -0.2) is 20.7 Å². The molecule has 0 radical (unpaired) electrons. The van der Waals surface area contributed by atoms with Crippen LogP contribution in [-0.2, 0) is 0 Å². The van der Waals surface area contributed by atoms with Gasteiger partial charge in [0.05, 0.1) is 0 Å². The Balaban J connectivity index is 1.85. The molecule has 3 heteroatoms. The van der Waals surface area contributed by atoms with E-state index in [1.54, 1.807) is 6.92 Å². The summed E-state index contributed by atoms with van der Waals surface area (Å²) < 4.78 is 8.74. The summed E-state index contributed by atoms with van der Waals surface area (Å²) in [4.78, 5) is 11.5. The summed E-state index contributed by atoms with van der Waals surface area (Å²) in [6.07, 6.45) is 0. The minimum absolute atomic E-state index is 0.0740. The summed E-state index contributed by atoms with van der Waals surface area (Å²) in [6.45, 7) is 1.58. The Morgan fingerprint density at radius 3 is 2.24 bits per heavy atom. The van der Waals surface area contributed by atoms with E-state index in [0.717, 1.165) is 27.9 Å². The molecule has 4 rings (SSSR count). The van der Waals surface area contributed by atoms with E-state index < -0.39 is 0 Å². The van der Waals surface area contributed by atoms with Gasteiger partial charge in [0, 0.05) is 0 Å². The van der Waals surface area contributed by atoms with Gasteiger partial charge in [-0.25, -0.2) is 0 Å². The third-order valence-corrected chi connectivity index (χ3v) is 6.41. The second kappa shape index (κ2) is 6.72. The van der Waals surface area contributed by atoms with Gasteiger partial charge in [-0.15, -0.1) is 0 Å². The van der Waals surface area contributed by atoms with Crippen LogP contribution in [0.3, 0.4) is 0 Å². The molecule has 0 bridgehead atoms. The molecule has 0 N–H and O–H groups in total. The van der Waals surface area contributed by atoms with E-state index in [1.807, 2.05) is 48.5 Å². The van der Waals surface area contributed by atoms with E-state index in [9.17, 15) is 4.79 Å². The standard InChI is InChI=1S/C22H16O2Se/c1-15(23)16-11-13-17(14-12-16)21-22(25-18-7-3-2-4-8-18)19-9-5-6-10-20(19)24-21/h2-14H,1H3. The van der Waals surface area contributed by atoms with E-state index in [0.29, 0.717) is 0 Å². The third-order valence-electron chi connectivity index (χ3n) is 4.07. The van der Waals surface area contributed by atoms with Gasteiger partial charge in [-0.2, -0.15) is 0 Å². The fraction of sp³-hybridized carbons (Fsp3) is 0.0455.